The fraction of sp³-hybridized carbons (Fsp3) is 0.708. The summed E-state index contributed by atoms with van der Waals surface area (Å²) in [6, 6.07) is 1.39. The number of likely N-dealkylation sites (tertiary alicyclic amines) is 1. The second-order valence-corrected chi connectivity index (χ2v) is 10.2. The molecular weight excluding hydrogens is 435 g/mol. The number of piperidine rings is 1. The number of carboxylic acids is 1. The van der Waals surface area contributed by atoms with Crippen LogP contribution in [0.3, 0.4) is 0 Å². The summed E-state index contributed by atoms with van der Waals surface area (Å²) >= 11 is 0. The first kappa shape index (κ1) is 22.6. The maximum atomic E-state index is 14.0. The second-order valence-electron chi connectivity index (χ2n) is 10.2. The third-order valence-corrected chi connectivity index (χ3v) is 8.33. The van der Waals surface area contributed by atoms with Gasteiger partial charge < -0.3 is 14.9 Å². The molecule has 2 saturated carbocycles. The van der Waals surface area contributed by atoms with Crippen molar-refractivity contribution in [1.29, 1.82) is 0 Å². The van der Waals surface area contributed by atoms with Gasteiger partial charge in [-0.1, -0.05) is 6.42 Å². The van der Waals surface area contributed by atoms with Crippen molar-refractivity contribution in [3.8, 4) is 0 Å². The molecule has 1 unspecified atom stereocenters. The summed E-state index contributed by atoms with van der Waals surface area (Å²) < 4.78 is 39.6. The predicted octanol–water partition coefficient (Wildman–Crippen LogP) is 3.73. The Kier molecular flexibility index (Phi) is 5.66. The number of nitrogens with zero attached hydrogens (tertiary/aromatic N) is 3. The third kappa shape index (κ3) is 4.13. The van der Waals surface area contributed by atoms with Crippen LogP contribution in [-0.2, 0) is 28.7 Å². The molecule has 1 amide bonds. The summed E-state index contributed by atoms with van der Waals surface area (Å²) in [5.41, 5.74) is -0.480. The average Bonchev–Trinajstić information content (AvgIpc) is 3.50. The summed E-state index contributed by atoms with van der Waals surface area (Å²) in [4.78, 5) is 33.8. The lowest BCUT2D eigenvalue weighted by molar-refractivity contribution is -0.146. The lowest BCUT2D eigenvalue weighted by Gasteiger charge is -2.39. The average molecular weight is 466 g/mol. The van der Waals surface area contributed by atoms with Gasteiger partial charge in [0.2, 0.25) is 5.91 Å². The smallest absolute Gasteiger partial charge is 0.417 e. The van der Waals surface area contributed by atoms with E-state index in [4.69, 9.17) is 0 Å². The lowest BCUT2D eigenvalue weighted by atomic mass is 9.77. The monoisotopic (exact) mass is 465 g/mol. The first-order valence-corrected chi connectivity index (χ1v) is 12.0. The Morgan fingerprint density at radius 3 is 2.58 bits per heavy atom. The number of aliphatic carboxylic acids is 1. The summed E-state index contributed by atoms with van der Waals surface area (Å²) in [5, 5.41) is 9.59. The molecule has 0 spiro atoms. The van der Waals surface area contributed by atoms with Crippen LogP contribution in [0.2, 0.25) is 0 Å². The number of halogens is 3. The van der Waals surface area contributed by atoms with Crippen LogP contribution in [0.15, 0.2) is 12.3 Å². The molecule has 3 fully saturated rings. The number of rotatable bonds is 4. The molecule has 0 bridgehead atoms. The first-order valence-electron chi connectivity index (χ1n) is 12.0. The zero-order valence-electron chi connectivity index (χ0n) is 18.6. The van der Waals surface area contributed by atoms with Crippen LogP contribution in [0.1, 0.15) is 61.8 Å². The van der Waals surface area contributed by atoms with E-state index in [-0.39, 0.29) is 24.4 Å². The normalized spacial score (nSPS) is 32.5. The molecule has 1 aromatic rings. The van der Waals surface area contributed by atoms with E-state index in [0.29, 0.717) is 43.5 Å². The number of hydrogen-bond acceptors (Lipinski definition) is 4. The minimum atomic E-state index is -4.48. The highest BCUT2D eigenvalue weighted by Gasteiger charge is 2.63. The van der Waals surface area contributed by atoms with E-state index in [1.807, 2.05) is 0 Å². The number of alkyl halides is 3. The fourth-order valence-corrected chi connectivity index (χ4v) is 6.48. The van der Waals surface area contributed by atoms with E-state index in [0.717, 1.165) is 44.6 Å². The number of hydrogen-bond donors (Lipinski definition) is 1. The fourth-order valence-electron chi connectivity index (χ4n) is 6.48. The molecule has 2 aliphatic heterocycles. The highest BCUT2D eigenvalue weighted by atomic mass is 19.4. The van der Waals surface area contributed by atoms with Crippen molar-refractivity contribution in [2.75, 3.05) is 19.6 Å². The van der Waals surface area contributed by atoms with Crippen LogP contribution in [0.25, 0.3) is 0 Å². The van der Waals surface area contributed by atoms with Crippen LogP contribution < -0.4 is 0 Å². The van der Waals surface area contributed by atoms with Gasteiger partial charge in [-0.3, -0.25) is 14.6 Å². The summed E-state index contributed by atoms with van der Waals surface area (Å²) in [5.74, 6) is -1.60. The van der Waals surface area contributed by atoms with Gasteiger partial charge in [0.05, 0.1) is 16.9 Å². The van der Waals surface area contributed by atoms with Crippen molar-refractivity contribution >= 4 is 11.9 Å². The van der Waals surface area contributed by atoms with E-state index < -0.39 is 29.0 Å². The van der Waals surface area contributed by atoms with Gasteiger partial charge in [-0.15, -0.1) is 0 Å². The number of amides is 1. The molecule has 33 heavy (non-hydrogen) atoms. The van der Waals surface area contributed by atoms with Crippen LogP contribution in [0, 0.1) is 17.3 Å². The van der Waals surface area contributed by atoms with Gasteiger partial charge in [0.15, 0.2) is 0 Å². The van der Waals surface area contributed by atoms with E-state index in [1.54, 1.807) is 4.90 Å². The van der Waals surface area contributed by atoms with Crippen molar-refractivity contribution in [3.05, 3.63) is 29.1 Å². The molecule has 9 heteroatoms. The number of carbonyl (C=O) groups excluding carboxylic acids is 1. The minimum absolute atomic E-state index is 0.0705. The van der Waals surface area contributed by atoms with E-state index in [1.165, 1.54) is 6.42 Å². The van der Waals surface area contributed by atoms with E-state index in [2.05, 4.69) is 9.88 Å². The Labute approximate surface area is 191 Å². The van der Waals surface area contributed by atoms with E-state index in [9.17, 15) is 27.9 Å². The molecule has 0 aromatic carbocycles. The van der Waals surface area contributed by atoms with Crippen molar-refractivity contribution < 1.29 is 27.9 Å². The Morgan fingerprint density at radius 1 is 1.15 bits per heavy atom. The van der Waals surface area contributed by atoms with Crippen LogP contribution in [-0.4, -0.2) is 57.4 Å². The highest BCUT2D eigenvalue weighted by molar-refractivity contribution is 5.86. The number of fused-ring (bicyclic) bond motifs is 1. The molecule has 0 radical (unpaired) electrons. The first-order chi connectivity index (χ1) is 15.7. The lowest BCUT2D eigenvalue weighted by Crippen LogP contribution is -2.48. The zero-order valence-corrected chi connectivity index (χ0v) is 18.6. The van der Waals surface area contributed by atoms with Gasteiger partial charge in [-0.25, -0.2) is 0 Å². The topological polar surface area (TPSA) is 73.7 Å². The summed E-state index contributed by atoms with van der Waals surface area (Å²) in [7, 11) is 0. The Balaban J connectivity index is 1.39. The Morgan fingerprint density at radius 2 is 1.91 bits per heavy atom. The molecule has 6 nitrogen and oxygen atoms in total. The number of carboxylic acid groups (broad SMARTS) is 1. The summed E-state index contributed by atoms with van der Waals surface area (Å²) in [6.45, 7) is 2.55. The van der Waals surface area contributed by atoms with Crippen molar-refractivity contribution in [2.45, 2.75) is 70.1 Å². The molecule has 3 heterocycles. The minimum Gasteiger partial charge on any atom is -0.481 e. The number of pyridine rings is 1. The van der Waals surface area contributed by atoms with Crippen molar-refractivity contribution in [1.82, 2.24) is 14.8 Å². The van der Waals surface area contributed by atoms with Crippen molar-refractivity contribution in [3.63, 3.8) is 0 Å². The maximum absolute atomic E-state index is 14.0. The predicted molar refractivity (Wildman–Crippen MR) is 113 cm³/mol. The molecular formula is C24H30F3N3O3. The highest BCUT2D eigenvalue weighted by Crippen LogP contribution is 2.60. The van der Waals surface area contributed by atoms with Crippen molar-refractivity contribution in [2.24, 2.45) is 17.3 Å². The molecule has 4 aliphatic rings. The van der Waals surface area contributed by atoms with Crippen LogP contribution in [0.4, 0.5) is 13.2 Å². The van der Waals surface area contributed by atoms with Crippen LogP contribution in [0.5, 0.6) is 0 Å². The largest absolute Gasteiger partial charge is 0.481 e. The van der Waals surface area contributed by atoms with E-state index >= 15 is 0 Å². The zero-order chi connectivity index (χ0) is 23.4. The standard InChI is InChI=1S/C24H30F3N3O3/c25-24(26,27)16-10-15-14-30(9-5-20(15)28-13-16)22(33)23(19-11-18(19)21(31)32)6-4-17(12-23)29-7-2-1-3-8-29/h10,13,17-19H,1-9,11-12,14H2,(H,31,32)/t17-,18?,19+,23+/m1/s1. The molecule has 2 aliphatic carbocycles. The molecule has 180 valence electrons. The SMILES string of the molecule is O=C(O)C1C[C@@H]1[C@]1(C(=O)N2CCc3ncc(C(F)(F)F)cc3C2)CC[C@@H](N2CCCCC2)C1. The quantitative estimate of drug-likeness (QED) is 0.734. The maximum Gasteiger partial charge on any atom is 0.417 e. The van der Waals surface area contributed by atoms with Gasteiger partial charge in [-0.2, -0.15) is 13.2 Å². The van der Waals surface area contributed by atoms with Gasteiger partial charge >= 0.3 is 12.1 Å². The van der Waals surface area contributed by atoms with Gasteiger partial charge in [0, 0.05) is 37.4 Å². The third-order valence-electron chi connectivity index (χ3n) is 8.33. The van der Waals surface area contributed by atoms with Gasteiger partial charge in [-0.05, 0) is 69.2 Å². The number of carbonyl (C=O) groups is 2. The second kappa shape index (κ2) is 8.25. The molecule has 1 N–H and O–H groups in total. The number of aromatic nitrogens is 1. The van der Waals surface area contributed by atoms with Crippen LogP contribution >= 0.6 is 0 Å². The molecule has 4 atom stereocenters. The summed E-state index contributed by atoms with van der Waals surface area (Å²) in [6.07, 6.45) is 3.01. The molecule has 1 aromatic heterocycles. The Hall–Kier alpha value is -2.16. The Bertz CT molecular complexity index is 947. The molecule has 1 saturated heterocycles. The van der Waals surface area contributed by atoms with Gasteiger partial charge in [0.25, 0.3) is 0 Å². The molecule has 5 rings (SSSR count). The van der Waals surface area contributed by atoms with Gasteiger partial charge in [0.1, 0.15) is 0 Å².